The Morgan fingerprint density at radius 1 is 1.00 bits per heavy atom. The van der Waals surface area contributed by atoms with E-state index in [1.54, 1.807) is 0 Å². The summed E-state index contributed by atoms with van der Waals surface area (Å²) in [6.45, 7) is 9.33. The number of Topliss-reactive ketones (excluding diaryl/α,β-unsaturated/α-hetero) is 1. The third kappa shape index (κ3) is 4.19. The van der Waals surface area contributed by atoms with Crippen LogP contribution in [0.1, 0.15) is 88.0 Å². The van der Waals surface area contributed by atoms with Gasteiger partial charge in [-0.3, -0.25) is 9.48 Å². The Hall–Kier alpha value is -1.12. The highest BCUT2D eigenvalue weighted by Crippen LogP contribution is 2.19. The molecule has 1 aromatic heterocycles. The molecule has 114 valence electrons. The quantitative estimate of drug-likeness (QED) is 0.464. The fraction of sp³-hybridized carbons (Fsp3) is 0.765. The molecule has 3 nitrogen and oxygen atoms in total. The van der Waals surface area contributed by atoms with Crippen LogP contribution < -0.4 is 0 Å². The zero-order valence-electron chi connectivity index (χ0n) is 13.7. The van der Waals surface area contributed by atoms with Gasteiger partial charge >= 0.3 is 0 Å². The second kappa shape index (κ2) is 8.93. The van der Waals surface area contributed by atoms with Gasteiger partial charge in [-0.25, -0.2) is 0 Å². The lowest BCUT2D eigenvalue weighted by atomic mass is 10.0. The van der Waals surface area contributed by atoms with Crippen LogP contribution in [-0.4, -0.2) is 15.6 Å². The predicted octanol–water partition coefficient (Wildman–Crippen LogP) is 4.57. The number of carbonyl (C=O) groups excluding carboxylic acids is 1. The molecule has 0 spiro atoms. The largest absolute Gasteiger partial charge is 0.294 e. The number of ketones is 1. The molecule has 1 heterocycles. The van der Waals surface area contributed by atoms with Gasteiger partial charge in [-0.1, -0.05) is 53.4 Å². The molecule has 0 aliphatic rings. The summed E-state index contributed by atoms with van der Waals surface area (Å²) >= 11 is 0. The van der Waals surface area contributed by atoms with Crippen LogP contribution in [0.4, 0.5) is 0 Å². The number of nitrogens with zero attached hydrogens (tertiary/aromatic N) is 2. The van der Waals surface area contributed by atoms with E-state index in [1.807, 2.05) is 6.92 Å². The fourth-order valence-corrected chi connectivity index (χ4v) is 2.71. The van der Waals surface area contributed by atoms with Crippen LogP contribution in [0.25, 0.3) is 0 Å². The lowest BCUT2D eigenvalue weighted by molar-refractivity contribution is 0.0986. The van der Waals surface area contributed by atoms with Crippen molar-refractivity contribution in [1.29, 1.82) is 0 Å². The van der Waals surface area contributed by atoms with E-state index < -0.39 is 0 Å². The molecule has 0 bridgehead atoms. The molecular weight excluding hydrogens is 248 g/mol. The number of aryl methyl sites for hydroxylation is 2. The highest BCUT2D eigenvalue weighted by molar-refractivity contribution is 5.98. The Morgan fingerprint density at radius 2 is 1.70 bits per heavy atom. The van der Waals surface area contributed by atoms with Crippen LogP contribution >= 0.6 is 0 Å². The van der Waals surface area contributed by atoms with E-state index >= 15 is 0 Å². The van der Waals surface area contributed by atoms with Crippen molar-refractivity contribution < 1.29 is 4.79 Å². The van der Waals surface area contributed by atoms with Gasteiger partial charge in [0, 0.05) is 18.7 Å². The minimum absolute atomic E-state index is 0.246. The summed E-state index contributed by atoms with van der Waals surface area (Å²) in [6, 6.07) is 0. The molecule has 0 N–H and O–H groups in total. The Labute approximate surface area is 123 Å². The third-order valence-corrected chi connectivity index (χ3v) is 3.87. The first-order valence-corrected chi connectivity index (χ1v) is 8.31. The maximum atomic E-state index is 12.1. The Kier molecular flexibility index (Phi) is 7.56. The zero-order valence-corrected chi connectivity index (χ0v) is 13.7. The molecule has 0 aliphatic heterocycles. The van der Waals surface area contributed by atoms with E-state index in [0.717, 1.165) is 42.8 Å². The molecule has 0 radical (unpaired) electrons. The van der Waals surface area contributed by atoms with Crippen LogP contribution in [-0.2, 0) is 19.4 Å². The number of rotatable bonds is 10. The number of carbonyl (C=O) groups is 1. The SMILES string of the molecule is CCCCCCCn1nc(CC)c(C(=O)CC)c1CC. The van der Waals surface area contributed by atoms with E-state index in [0.29, 0.717) is 6.42 Å². The molecule has 0 saturated carbocycles. The number of aromatic nitrogens is 2. The van der Waals surface area contributed by atoms with Crippen molar-refractivity contribution in [2.75, 3.05) is 0 Å². The molecule has 1 rings (SSSR count). The van der Waals surface area contributed by atoms with Gasteiger partial charge in [-0.05, 0) is 19.3 Å². The Bertz CT molecular complexity index is 421. The van der Waals surface area contributed by atoms with Crippen LogP contribution in [0.3, 0.4) is 0 Å². The van der Waals surface area contributed by atoms with Crippen molar-refractivity contribution in [1.82, 2.24) is 9.78 Å². The molecule has 0 aliphatic carbocycles. The summed E-state index contributed by atoms with van der Waals surface area (Å²) < 4.78 is 2.09. The first-order valence-electron chi connectivity index (χ1n) is 8.31. The van der Waals surface area contributed by atoms with Crippen molar-refractivity contribution in [2.45, 2.75) is 85.6 Å². The Morgan fingerprint density at radius 3 is 2.25 bits per heavy atom. The van der Waals surface area contributed by atoms with Crippen LogP contribution in [0.5, 0.6) is 0 Å². The normalized spacial score (nSPS) is 11.0. The third-order valence-electron chi connectivity index (χ3n) is 3.87. The van der Waals surface area contributed by atoms with E-state index in [1.165, 1.54) is 25.7 Å². The number of hydrogen-bond acceptors (Lipinski definition) is 2. The summed E-state index contributed by atoms with van der Waals surface area (Å²) in [7, 11) is 0. The van der Waals surface area contributed by atoms with Gasteiger partial charge in [0.15, 0.2) is 5.78 Å². The van der Waals surface area contributed by atoms with Gasteiger partial charge in [0.2, 0.25) is 0 Å². The van der Waals surface area contributed by atoms with E-state index in [-0.39, 0.29) is 5.78 Å². The van der Waals surface area contributed by atoms with Crippen molar-refractivity contribution in [3.05, 3.63) is 17.0 Å². The second-order valence-corrected chi connectivity index (χ2v) is 5.39. The van der Waals surface area contributed by atoms with Crippen molar-refractivity contribution in [2.24, 2.45) is 0 Å². The average Bonchev–Trinajstić information content (AvgIpc) is 2.83. The molecule has 0 amide bonds. The van der Waals surface area contributed by atoms with Gasteiger partial charge in [-0.15, -0.1) is 0 Å². The molecule has 1 aromatic rings. The molecule has 3 heteroatoms. The summed E-state index contributed by atoms with van der Waals surface area (Å²) in [5, 5.41) is 4.68. The predicted molar refractivity (Wildman–Crippen MR) is 84.4 cm³/mol. The lowest BCUT2D eigenvalue weighted by Crippen LogP contribution is -2.07. The van der Waals surface area contributed by atoms with E-state index in [2.05, 4.69) is 30.6 Å². The first-order chi connectivity index (χ1) is 9.69. The van der Waals surface area contributed by atoms with Crippen LogP contribution in [0, 0.1) is 0 Å². The minimum Gasteiger partial charge on any atom is -0.294 e. The van der Waals surface area contributed by atoms with Crippen molar-refractivity contribution in [3.8, 4) is 0 Å². The average molecular weight is 278 g/mol. The summed E-state index contributed by atoms with van der Waals surface area (Å²) in [6.07, 6.45) is 8.63. The van der Waals surface area contributed by atoms with E-state index in [9.17, 15) is 4.79 Å². The van der Waals surface area contributed by atoms with Crippen LogP contribution in [0.15, 0.2) is 0 Å². The number of hydrogen-bond donors (Lipinski definition) is 0. The van der Waals surface area contributed by atoms with Crippen molar-refractivity contribution >= 4 is 5.78 Å². The smallest absolute Gasteiger partial charge is 0.166 e. The Balaban J connectivity index is 2.80. The van der Waals surface area contributed by atoms with Gasteiger partial charge in [0.05, 0.1) is 11.3 Å². The molecule has 20 heavy (non-hydrogen) atoms. The summed E-state index contributed by atoms with van der Waals surface area (Å²) in [5.41, 5.74) is 3.04. The van der Waals surface area contributed by atoms with Gasteiger partial charge in [0.1, 0.15) is 0 Å². The van der Waals surface area contributed by atoms with Crippen molar-refractivity contribution in [3.63, 3.8) is 0 Å². The highest BCUT2D eigenvalue weighted by atomic mass is 16.1. The lowest BCUT2D eigenvalue weighted by Gasteiger charge is -2.07. The molecule has 0 saturated heterocycles. The highest BCUT2D eigenvalue weighted by Gasteiger charge is 2.19. The minimum atomic E-state index is 0.246. The van der Waals surface area contributed by atoms with Gasteiger partial charge in [-0.2, -0.15) is 5.10 Å². The molecule has 0 unspecified atom stereocenters. The summed E-state index contributed by atoms with van der Waals surface area (Å²) in [4.78, 5) is 12.1. The molecular formula is C17H30N2O. The summed E-state index contributed by atoms with van der Waals surface area (Å²) in [5.74, 6) is 0.246. The molecule has 0 atom stereocenters. The van der Waals surface area contributed by atoms with Crippen LogP contribution in [0.2, 0.25) is 0 Å². The maximum Gasteiger partial charge on any atom is 0.166 e. The second-order valence-electron chi connectivity index (χ2n) is 5.39. The van der Waals surface area contributed by atoms with Gasteiger partial charge in [0.25, 0.3) is 0 Å². The monoisotopic (exact) mass is 278 g/mol. The standard InChI is InChI=1S/C17H30N2O/c1-5-9-10-11-12-13-19-15(7-3)17(16(20)8-4)14(6-2)18-19/h5-13H2,1-4H3. The van der Waals surface area contributed by atoms with E-state index in [4.69, 9.17) is 0 Å². The van der Waals surface area contributed by atoms with Gasteiger partial charge < -0.3 is 0 Å². The number of unbranched alkanes of at least 4 members (excludes halogenated alkanes) is 4. The molecule has 0 fully saturated rings. The first kappa shape index (κ1) is 16.9. The fourth-order valence-electron chi connectivity index (χ4n) is 2.71. The molecule has 0 aromatic carbocycles. The topological polar surface area (TPSA) is 34.9 Å². The maximum absolute atomic E-state index is 12.1. The zero-order chi connectivity index (χ0) is 15.0.